The molecule has 0 fully saturated rings. The SMILES string of the molecule is C=CCC(O)(c1ccccc1)C(C)(C)C. The van der Waals surface area contributed by atoms with Crippen LogP contribution in [0.3, 0.4) is 0 Å². The molecule has 0 spiro atoms. The van der Waals surface area contributed by atoms with Gasteiger partial charge in [0.1, 0.15) is 0 Å². The number of hydrogen-bond donors (Lipinski definition) is 1. The maximum atomic E-state index is 10.7. The second kappa shape index (κ2) is 4.19. The summed E-state index contributed by atoms with van der Waals surface area (Å²) in [5.74, 6) is 0. The largest absolute Gasteiger partial charge is 0.384 e. The van der Waals surface area contributed by atoms with Gasteiger partial charge in [0.15, 0.2) is 0 Å². The molecule has 0 saturated heterocycles. The van der Waals surface area contributed by atoms with Gasteiger partial charge in [0.2, 0.25) is 0 Å². The molecule has 1 heteroatoms. The lowest BCUT2D eigenvalue weighted by atomic mass is 9.70. The minimum atomic E-state index is -0.837. The molecule has 82 valence electrons. The molecule has 0 radical (unpaired) electrons. The van der Waals surface area contributed by atoms with Crippen LogP contribution in [-0.4, -0.2) is 5.11 Å². The van der Waals surface area contributed by atoms with Crippen molar-refractivity contribution in [3.05, 3.63) is 48.6 Å². The van der Waals surface area contributed by atoms with Gasteiger partial charge in [0, 0.05) is 0 Å². The van der Waals surface area contributed by atoms with Gasteiger partial charge in [-0.15, -0.1) is 6.58 Å². The third-order valence-corrected chi connectivity index (χ3v) is 2.93. The van der Waals surface area contributed by atoms with Crippen molar-refractivity contribution in [2.45, 2.75) is 32.8 Å². The molecular weight excluding hydrogens is 184 g/mol. The highest BCUT2D eigenvalue weighted by Crippen LogP contribution is 2.41. The maximum Gasteiger partial charge on any atom is 0.0978 e. The summed E-state index contributed by atoms with van der Waals surface area (Å²) < 4.78 is 0. The van der Waals surface area contributed by atoms with E-state index in [1.54, 1.807) is 6.08 Å². The van der Waals surface area contributed by atoms with E-state index in [4.69, 9.17) is 0 Å². The fourth-order valence-electron chi connectivity index (χ4n) is 1.78. The van der Waals surface area contributed by atoms with Gasteiger partial charge in [-0.05, 0) is 17.4 Å². The molecule has 1 atom stereocenters. The van der Waals surface area contributed by atoms with E-state index in [1.807, 2.05) is 51.1 Å². The van der Waals surface area contributed by atoms with E-state index in [0.717, 1.165) is 5.56 Å². The van der Waals surface area contributed by atoms with E-state index in [2.05, 4.69) is 6.58 Å². The molecule has 0 amide bonds. The van der Waals surface area contributed by atoms with Gasteiger partial charge in [-0.1, -0.05) is 57.2 Å². The van der Waals surface area contributed by atoms with Crippen molar-refractivity contribution in [3.63, 3.8) is 0 Å². The Balaban J connectivity index is 3.18. The van der Waals surface area contributed by atoms with Crippen LogP contribution < -0.4 is 0 Å². The summed E-state index contributed by atoms with van der Waals surface area (Å²) in [4.78, 5) is 0. The molecule has 0 bridgehead atoms. The zero-order chi connectivity index (χ0) is 11.5. The summed E-state index contributed by atoms with van der Waals surface area (Å²) in [7, 11) is 0. The van der Waals surface area contributed by atoms with Gasteiger partial charge >= 0.3 is 0 Å². The quantitative estimate of drug-likeness (QED) is 0.747. The molecule has 1 unspecified atom stereocenters. The third-order valence-electron chi connectivity index (χ3n) is 2.93. The molecule has 0 aliphatic carbocycles. The van der Waals surface area contributed by atoms with Gasteiger partial charge in [0.25, 0.3) is 0 Å². The molecule has 1 nitrogen and oxygen atoms in total. The Morgan fingerprint density at radius 1 is 1.20 bits per heavy atom. The molecule has 1 aromatic rings. The first-order chi connectivity index (χ1) is 6.92. The predicted octanol–water partition coefficient (Wildman–Crippen LogP) is 3.50. The minimum absolute atomic E-state index is 0.206. The fourth-order valence-corrected chi connectivity index (χ4v) is 1.78. The third kappa shape index (κ3) is 2.29. The number of rotatable bonds is 3. The van der Waals surface area contributed by atoms with Crippen LogP contribution in [0.25, 0.3) is 0 Å². The molecule has 0 aliphatic heterocycles. The van der Waals surface area contributed by atoms with Gasteiger partial charge < -0.3 is 5.11 Å². The monoisotopic (exact) mass is 204 g/mol. The van der Waals surface area contributed by atoms with E-state index < -0.39 is 5.60 Å². The van der Waals surface area contributed by atoms with Crippen LogP contribution in [0.4, 0.5) is 0 Å². The normalized spacial score (nSPS) is 15.7. The summed E-state index contributed by atoms with van der Waals surface area (Å²) >= 11 is 0. The van der Waals surface area contributed by atoms with E-state index >= 15 is 0 Å². The summed E-state index contributed by atoms with van der Waals surface area (Å²) in [5.41, 5.74) is -0.0872. The smallest absolute Gasteiger partial charge is 0.0978 e. The highest BCUT2D eigenvalue weighted by Gasteiger charge is 2.40. The van der Waals surface area contributed by atoms with Crippen LogP contribution >= 0.6 is 0 Å². The standard InChI is InChI=1S/C14H20O/c1-5-11-14(15,13(2,3)4)12-9-7-6-8-10-12/h5-10,15H,1,11H2,2-4H3. The second-order valence-electron chi connectivity index (χ2n) is 4.97. The van der Waals surface area contributed by atoms with Crippen molar-refractivity contribution in [2.75, 3.05) is 0 Å². The summed E-state index contributed by atoms with van der Waals surface area (Å²) in [6, 6.07) is 9.80. The van der Waals surface area contributed by atoms with Gasteiger partial charge in [-0.25, -0.2) is 0 Å². The Bertz CT molecular complexity index is 321. The van der Waals surface area contributed by atoms with Crippen LogP contribution in [0, 0.1) is 5.41 Å². The molecule has 15 heavy (non-hydrogen) atoms. The Morgan fingerprint density at radius 3 is 2.13 bits per heavy atom. The molecule has 0 heterocycles. The second-order valence-corrected chi connectivity index (χ2v) is 4.97. The lowest BCUT2D eigenvalue weighted by Crippen LogP contribution is -2.39. The van der Waals surface area contributed by atoms with Crippen LogP contribution in [0.2, 0.25) is 0 Å². The van der Waals surface area contributed by atoms with Crippen molar-refractivity contribution in [3.8, 4) is 0 Å². The zero-order valence-corrected chi connectivity index (χ0v) is 9.83. The van der Waals surface area contributed by atoms with Crippen LogP contribution in [0.15, 0.2) is 43.0 Å². The van der Waals surface area contributed by atoms with Crippen molar-refractivity contribution >= 4 is 0 Å². The first-order valence-electron chi connectivity index (χ1n) is 5.30. The highest BCUT2D eigenvalue weighted by atomic mass is 16.3. The first-order valence-corrected chi connectivity index (χ1v) is 5.30. The molecule has 0 saturated carbocycles. The van der Waals surface area contributed by atoms with Gasteiger partial charge in [-0.3, -0.25) is 0 Å². The van der Waals surface area contributed by atoms with Crippen LogP contribution in [0.5, 0.6) is 0 Å². The van der Waals surface area contributed by atoms with E-state index in [0.29, 0.717) is 6.42 Å². The molecule has 1 rings (SSSR count). The lowest BCUT2D eigenvalue weighted by Gasteiger charge is -2.40. The number of aliphatic hydroxyl groups is 1. The van der Waals surface area contributed by atoms with Gasteiger partial charge in [0.05, 0.1) is 5.60 Å². The Hall–Kier alpha value is -1.08. The van der Waals surface area contributed by atoms with E-state index in [-0.39, 0.29) is 5.41 Å². The fraction of sp³-hybridized carbons (Fsp3) is 0.429. The van der Waals surface area contributed by atoms with Crippen molar-refractivity contribution in [1.29, 1.82) is 0 Å². The topological polar surface area (TPSA) is 20.2 Å². The first kappa shape index (κ1) is 12.0. The average molecular weight is 204 g/mol. The molecule has 1 aromatic carbocycles. The summed E-state index contributed by atoms with van der Waals surface area (Å²) in [5, 5.41) is 10.7. The van der Waals surface area contributed by atoms with E-state index in [9.17, 15) is 5.11 Å². The lowest BCUT2D eigenvalue weighted by molar-refractivity contribution is -0.0616. The highest BCUT2D eigenvalue weighted by molar-refractivity contribution is 5.25. The molecular formula is C14H20O. The minimum Gasteiger partial charge on any atom is -0.384 e. The Morgan fingerprint density at radius 2 is 1.73 bits per heavy atom. The van der Waals surface area contributed by atoms with Crippen molar-refractivity contribution in [1.82, 2.24) is 0 Å². The van der Waals surface area contributed by atoms with Crippen molar-refractivity contribution in [2.24, 2.45) is 5.41 Å². The molecule has 0 aromatic heterocycles. The number of benzene rings is 1. The van der Waals surface area contributed by atoms with Crippen LogP contribution in [0.1, 0.15) is 32.8 Å². The zero-order valence-electron chi connectivity index (χ0n) is 9.83. The predicted molar refractivity (Wildman–Crippen MR) is 64.6 cm³/mol. The summed E-state index contributed by atoms with van der Waals surface area (Å²) in [6.07, 6.45) is 2.35. The Kier molecular flexibility index (Phi) is 3.35. The van der Waals surface area contributed by atoms with Crippen molar-refractivity contribution < 1.29 is 5.11 Å². The summed E-state index contributed by atoms with van der Waals surface area (Å²) in [6.45, 7) is 9.86. The van der Waals surface area contributed by atoms with Crippen LogP contribution in [-0.2, 0) is 5.60 Å². The molecule has 1 N–H and O–H groups in total. The average Bonchev–Trinajstić information content (AvgIpc) is 2.18. The van der Waals surface area contributed by atoms with E-state index in [1.165, 1.54) is 0 Å². The molecule has 0 aliphatic rings. The van der Waals surface area contributed by atoms with Gasteiger partial charge in [-0.2, -0.15) is 0 Å². The Labute approximate surface area is 92.5 Å². The number of hydrogen-bond acceptors (Lipinski definition) is 1. The maximum absolute atomic E-state index is 10.7.